The van der Waals surface area contributed by atoms with E-state index in [9.17, 15) is 4.79 Å². The van der Waals surface area contributed by atoms with Crippen LogP contribution in [0.3, 0.4) is 0 Å². The van der Waals surface area contributed by atoms with Crippen LogP contribution in [0.5, 0.6) is 11.5 Å². The van der Waals surface area contributed by atoms with E-state index < -0.39 is 0 Å². The van der Waals surface area contributed by atoms with Crippen LogP contribution >= 0.6 is 0 Å². The first-order valence-electron chi connectivity index (χ1n) is 11.2. The molecular weight excluding hydrogens is 396 g/mol. The summed E-state index contributed by atoms with van der Waals surface area (Å²) in [4.78, 5) is 15.8. The number of aromatic nitrogens is 3. The second kappa shape index (κ2) is 8.47. The molecule has 6 rings (SSSR count). The third-order valence-corrected chi connectivity index (χ3v) is 6.82. The number of hydrogen-bond acceptors (Lipinski definition) is 5. The molecule has 3 saturated heterocycles. The van der Waals surface area contributed by atoms with E-state index in [0.29, 0.717) is 18.5 Å². The van der Waals surface area contributed by atoms with Crippen LogP contribution in [0.15, 0.2) is 24.4 Å². The first-order chi connectivity index (χ1) is 15.0. The Balaban J connectivity index is 1.15. The van der Waals surface area contributed by atoms with E-state index in [1.165, 1.54) is 9.80 Å². The van der Waals surface area contributed by atoms with Gasteiger partial charge in [-0.2, -0.15) is 0 Å². The predicted octanol–water partition coefficient (Wildman–Crippen LogP) is -1.74. The molecule has 1 unspecified atom stereocenters. The van der Waals surface area contributed by atoms with Crippen molar-refractivity contribution in [1.82, 2.24) is 20.3 Å². The first kappa shape index (κ1) is 20.3. The maximum Gasteiger partial charge on any atom is 0.231 e. The third kappa shape index (κ3) is 4.38. The molecule has 9 nitrogen and oxygen atoms in total. The number of fused-ring (bicyclic) bond motifs is 4. The molecule has 1 amide bonds. The van der Waals surface area contributed by atoms with Gasteiger partial charge in [-0.3, -0.25) is 4.79 Å². The molecular formula is C22H32N6O3+2. The summed E-state index contributed by atoms with van der Waals surface area (Å²) in [5.74, 6) is 2.25. The highest BCUT2D eigenvalue weighted by atomic mass is 16.7. The lowest BCUT2D eigenvalue weighted by Crippen LogP contribution is -3.20. The Labute approximate surface area is 182 Å². The normalized spacial score (nSPS) is 26.4. The Kier molecular flexibility index (Phi) is 5.54. The van der Waals surface area contributed by atoms with Crippen molar-refractivity contribution in [3.8, 4) is 11.5 Å². The Morgan fingerprint density at radius 2 is 2.19 bits per heavy atom. The molecule has 3 N–H and O–H groups in total. The maximum atomic E-state index is 13.0. The van der Waals surface area contributed by atoms with Crippen molar-refractivity contribution in [1.29, 1.82) is 0 Å². The summed E-state index contributed by atoms with van der Waals surface area (Å²) in [6.45, 7) is 4.60. The first-order valence-corrected chi connectivity index (χ1v) is 11.2. The zero-order chi connectivity index (χ0) is 21.4. The van der Waals surface area contributed by atoms with E-state index in [1.807, 2.05) is 22.9 Å². The van der Waals surface area contributed by atoms with E-state index >= 15 is 0 Å². The minimum Gasteiger partial charge on any atom is -0.454 e. The van der Waals surface area contributed by atoms with Gasteiger partial charge in [0.05, 0.1) is 45.8 Å². The topological polar surface area (TPSA) is 87.2 Å². The van der Waals surface area contributed by atoms with Gasteiger partial charge in [-0.25, -0.2) is 4.68 Å². The smallest absolute Gasteiger partial charge is 0.231 e. The van der Waals surface area contributed by atoms with Gasteiger partial charge < -0.3 is 24.6 Å². The van der Waals surface area contributed by atoms with Crippen LogP contribution in [-0.4, -0.2) is 60.9 Å². The number of quaternary nitrogens is 2. The highest BCUT2D eigenvalue weighted by Crippen LogP contribution is 2.32. The van der Waals surface area contributed by atoms with Crippen LogP contribution in [-0.2, 0) is 24.4 Å². The number of carbonyl (C=O) groups is 1. The van der Waals surface area contributed by atoms with E-state index in [4.69, 9.17) is 9.47 Å². The molecule has 4 aliphatic rings. The molecule has 5 heterocycles. The van der Waals surface area contributed by atoms with Gasteiger partial charge >= 0.3 is 0 Å². The average Bonchev–Trinajstić information content (AvgIpc) is 3.40. The molecule has 4 atom stereocenters. The number of ether oxygens (including phenoxy) is 2. The van der Waals surface area contributed by atoms with Gasteiger partial charge in [0.15, 0.2) is 11.5 Å². The van der Waals surface area contributed by atoms with Gasteiger partial charge in [0.1, 0.15) is 18.3 Å². The largest absolute Gasteiger partial charge is 0.454 e. The summed E-state index contributed by atoms with van der Waals surface area (Å²) in [5.41, 5.74) is 2.07. The summed E-state index contributed by atoms with van der Waals surface area (Å²) in [6.07, 6.45) is 4.28. The molecule has 0 radical (unpaired) electrons. The van der Waals surface area contributed by atoms with Crippen LogP contribution in [0.25, 0.3) is 0 Å². The second-order valence-electron chi connectivity index (χ2n) is 9.42. The number of benzene rings is 1. The summed E-state index contributed by atoms with van der Waals surface area (Å²) in [6, 6.07) is 6.35. The van der Waals surface area contributed by atoms with Crippen LogP contribution in [0, 0.1) is 11.8 Å². The molecule has 31 heavy (non-hydrogen) atoms. The lowest BCUT2D eigenvalue weighted by molar-refractivity contribution is -0.945. The number of nitrogens with one attached hydrogen (secondary N) is 3. The summed E-state index contributed by atoms with van der Waals surface area (Å²) < 4.78 is 12.8. The monoisotopic (exact) mass is 428 g/mol. The Morgan fingerprint density at radius 3 is 3.00 bits per heavy atom. The highest BCUT2D eigenvalue weighted by Gasteiger charge is 2.46. The van der Waals surface area contributed by atoms with Gasteiger partial charge in [-0.15, -0.1) is 5.10 Å². The highest BCUT2D eigenvalue weighted by molar-refractivity contribution is 5.79. The molecule has 3 fully saturated rings. The van der Waals surface area contributed by atoms with Gasteiger partial charge in [0, 0.05) is 19.4 Å². The number of amides is 1. The molecule has 0 saturated carbocycles. The molecule has 1 aromatic heterocycles. The van der Waals surface area contributed by atoms with E-state index in [0.717, 1.165) is 61.8 Å². The quantitative estimate of drug-likeness (QED) is 0.488. The van der Waals surface area contributed by atoms with Crippen molar-refractivity contribution in [2.45, 2.75) is 38.5 Å². The van der Waals surface area contributed by atoms with Crippen molar-refractivity contribution in [2.75, 3.05) is 34.0 Å². The standard InChI is InChI=1S/C22H30N6O3/c1-26(2)10-17-11-28(25-24-17)12-18-8-16-5-6-27(18)13-19(16)22(29)23-9-15-3-4-20-21(7-15)31-14-30-20/h3-4,7,11,16,18-19H,5-6,8-10,12-14H2,1-2H3,(H,23,29)/p+2/t16-,18+,19-/m0/s1. The summed E-state index contributed by atoms with van der Waals surface area (Å²) in [7, 11) is 4.24. The molecule has 166 valence electrons. The van der Waals surface area contributed by atoms with E-state index in [2.05, 4.69) is 35.9 Å². The van der Waals surface area contributed by atoms with Crippen molar-refractivity contribution in [3.63, 3.8) is 0 Å². The lowest BCUT2D eigenvalue weighted by Gasteiger charge is -2.46. The number of piperidine rings is 3. The fourth-order valence-electron chi connectivity index (χ4n) is 5.29. The van der Waals surface area contributed by atoms with Crippen LogP contribution in [0.2, 0.25) is 0 Å². The van der Waals surface area contributed by atoms with Crippen molar-refractivity contribution in [3.05, 3.63) is 35.7 Å². The lowest BCUT2D eigenvalue weighted by atomic mass is 9.75. The number of nitrogens with zero attached hydrogens (tertiary/aromatic N) is 3. The predicted molar refractivity (Wildman–Crippen MR) is 112 cm³/mol. The molecule has 4 aliphatic heterocycles. The minimum atomic E-state index is 0.0951. The van der Waals surface area contributed by atoms with Crippen molar-refractivity contribution >= 4 is 5.91 Å². The van der Waals surface area contributed by atoms with Crippen molar-refractivity contribution < 1.29 is 24.1 Å². The Bertz CT molecular complexity index is 945. The molecule has 2 aromatic rings. The van der Waals surface area contributed by atoms with E-state index in [-0.39, 0.29) is 18.6 Å². The molecule has 0 spiro atoms. The number of rotatable bonds is 7. The maximum absolute atomic E-state index is 13.0. The fourth-order valence-corrected chi connectivity index (χ4v) is 5.29. The Morgan fingerprint density at radius 1 is 1.32 bits per heavy atom. The average molecular weight is 429 g/mol. The molecule has 9 heteroatoms. The fraction of sp³-hybridized carbons (Fsp3) is 0.591. The summed E-state index contributed by atoms with van der Waals surface area (Å²) in [5, 5.41) is 11.8. The van der Waals surface area contributed by atoms with Crippen LogP contribution in [0.1, 0.15) is 24.1 Å². The molecule has 0 aliphatic carbocycles. The second-order valence-corrected chi connectivity index (χ2v) is 9.42. The minimum absolute atomic E-state index is 0.0951. The van der Waals surface area contributed by atoms with Gasteiger partial charge in [0.25, 0.3) is 0 Å². The zero-order valence-electron chi connectivity index (χ0n) is 18.3. The summed E-state index contributed by atoms with van der Waals surface area (Å²) >= 11 is 0. The molecule has 2 bridgehead atoms. The van der Waals surface area contributed by atoms with Crippen LogP contribution in [0.4, 0.5) is 0 Å². The van der Waals surface area contributed by atoms with Gasteiger partial charge in [0.2, 0.25) is 12.7 Å². The number of hydrogen-bond donors (Lipinski definition) is 3. The number of carbonyl (C=O) groups excluding carboxylic acids is 1. The van der Waals surface area contributed by atoms with Crippen LogP contribution < -0.4 is 24.6 Å². The third-order valence-electron chi connectivity index (χ3n) is 6.82. The van der Waals surface area contributed by atoms with Gasteiger partial charge in [-0.1, -0.05) is 11.3 Å². The molecule has 1 aromatic carbocycles. The van der Waals surface area contributed by atoms with Crippen molar-refractivity contribution in [2.24, 2.45) is 11.8 Å². The SMILES string of the molecule is C[NH+](C)Cc1cn(C[C@H]2C[C@@H]3CC[NH+]2C[C@@H]3C(=O)NCc2ccc3c(c2)OCO3)nn1. The van der Waals surface area contributed by atoms with Gasteiger partial charge in [-0.05, 0) is 23.6 Å². The Hall–Kier alpha value is -2.65. The zero-order valence-corrected chi connectivity index (χ0v) is 18.3. The van der Waals surface area contributed by atoms with E-state index in [1.54, 1.807) is 0 Å².